The number of thiophene rings is 1. The number of carbonyl (C=O) groups excluding carboxylic acids is 1. The number of aromatic nitrogens is 2. The number of likely N-dealkylation sites (tertiary alicyclic amines) is 1. The van der Waals surface area contributed by atoms with Crippen LogP contribution in [0.15, 0.2) is 36.9 Å². The van der Waals surface area contributed by atoms with Crippen LogP contribution >= 0.6 is 11.3 Å². The number of nitrogen functional groups attached to an aromatic ring is 1. The van der Waals surface area contributed by atoms with Crippen molar-refractivity contribution in [3.8, 4) is 23.2 Å². The maximum atomic E-state index is 16.3. The number of nitrogens with zero attached hydrogens (tertiary/aromatic N) is 6. The molecule has 0 spiro atoms. The van der Waals surface area contributed by atoms with Gasteiger partial charge < -0.3 is 20.3 Å². The van der Waals surface area contributed by atoms with Gasteiger partial charge in [-0.15, -0.1) is 11.3 Å². The second-order valence-corrected chi connectivity index (χ2v) is 14.0. The molecule has 0 aliphatic carbocycles. The molecule has 5 heterocycles. The molecule has 0 unspecified atom stereocenters. The maximum absolute atomic E-state index is 16.3. The molecular weight excluding hydrogens is 639 g/mol. The minimum absolute atomic E-state index is 0.0726. The van der Waals surface area contributed by atoms with Gasteiger partial charge in [-0.1, -0.05) is 12.6 Å². The molecule has 7 rings (SSSR count). The molecule has 4 aromatic rings. The van der Waals surface area contributed by atoms with Gasteiger partial charge in [0.05, 0.1) is 27.4 Å². The Hall–Kier alpha value is -4.41. The van der Waals surface area contributed by atoms with Crippen molar-refractivity contribution in [2.75, 3.05) is 43.4 Å². The number of likely N-dealkylation sites (N-methyl/N-ethyl adjacent to an activating group) is 1. The van der Waals surface area contributed by atoms with E-state index in [4.69, 9.17) is 20.4 Å². The van der Waals surface area contributed by atoms with Crippen molar-refractivity contribution >= 4 is 49.1 Å². The number of carbonyl (C=O) groups is 1. The fraction of sp³-hybridized carbons (Fsp3) is 0.429. The molecule has 0 bridgehead atoms. The van der Waals surface area contributed by atoms with Crippen LogP contribution in [0.25, 0.3) is 32.1 Å². The maximum Gasteiger partial charge on any atom is 0.319 e. The molecule has 3 aliphatic heterocycles. The van der Waals surface area contributed by atoms with E-state index < -0.39 is 23.3 Å². The number of nitrogens with two attached hydrogens (primary N) is 1. The Morgan fingerprint density at radius 2 is 2.08 bits per heavy atom. The van der Waals surface area contributed by atoms with Gasteiger partial charge in [-0.25, -0.2) is 13.2 Å². The number of fused-ring (bicyclic) bond motifs is 3. The van der Waals surface area contributed by atoms with Gasteiger partial charge in [0, 0.05) is 48.4 Å². The number of nitriles is 1. The second kappa shape index (κ2) is 12.2. The minimum atomic E-state index is -0.926. The van der Waals surface area contributed by atoms with E-state index in [1.807, 2.05) is 24.8 Å². The van der Waals surface area contributed by atoms with Crippen LogP contribution < -0.4 is 15.4 Å². The molecule has 3 fully saturated rings. The summed E-state index contributed by atoms with van der Waals surface area (Å²) >= 11 is 0.944. The molecule has 250 valence electrons. The largest absolute Gasteiger partial charge is 0.461 e. The van der Waals surface area contributed by atoms with E-state index in [9.17, 15) is 18.8 Å². The Bertz CT molecular complexity index is 2000. The van der Waals surface area contributed by atoms with E-state index in [0.29, 0.717) is 54.8 Å². The summed E-state index contributed by atoms with van der Waals surface area (Å²) in [5.41, 5.74) is 6.54. The average Bonchev–Trinajstić information content (AvgIpc) is 3.81. The fourth-order valence-electron chi connectivity index (χ4n) is 8.08. The van der Waals surface area contributed by atoms with Crippen molar-refractivity contribution in [3.05, 3.63) is 54.1 Å². The lowest BCUT2D eigenvalue weighted by Crippen LogP contribution is -2.45. The first-order valence-corrected chi connectivity index (χ1v) is 17.0. The third kappa shape index (κ3) is 5.13. The van der Waals surface area contributed by atoms with Gasteiger partial charge in [-0.3, -0.25) is 9.69 Å². The van der Waals surface area contributed by atoms with Crippen LogP contribution in [-0.4, -0.2) is 82.3 Å². The SMILES string of the molecule is C=CC(=O)N1CC[C@@H](N(CC)c2nc(OC[C@@]34CCCN3C[C@H](F)C4)nc3cc(-c4ccc(F)c5sc(N)c(C#N)c45)c(F)cc23)[C@H]1C. The van der Waals surface area contributed by atoms with Crippen molar-refractivity contribution in [1.82, 2.24) is 19.8 Å². The van der Waals surface area contributed by atoms with Gasteiger partial charge >= 0.3 is 6.01 Å². The van der Waals surface area contributed by atoms with E-state index in [0.717, 1.165) is 30.7 Å². The van der Waals surface area contributed by atoms with Crippen molar-refractivity contribution in [2.24, 2.45) is 0 Å². The molecule has 9 nitrogen and oxygen atoms in total. The van der Waals surface area contributed by atoms with Crippen LogP contribution in [-0.2, 0) is 4.79 Å². The number of halogens is 3. The molecule has 1 amide bonds. The smallest absolute Gasteiger partial charge is 0.319 e. The van der Waals surface area contributed by atoms with Crippen molar-refractivity contribution in [1.29, 1.82) is 5.26 Å². The summed E-state index contributed by atoms with van der Waals surface area (Å²) in [6.07, 6.45) is 3.18. The Morgan fingerprint density at radius 3 is 2.83 bits per heavy atom. The standard InChI is InChI=1S/C35H36F3N7O2S/c1-4-29(46)45-12-9-28(19(45)3)44(5-2)33-23-13-26(38)22(21-7-8-25(37)31-30(21)24(16-39)32(40)48-31)14-27(23)41-34(42-33)47-18-35-10-6-11-43(35)17-20(36)15-35/h4,7-8,13-14,19-20,28H,1,5-6,9-12,15,17-18,40H2,2-3H3/t19-,20-,28-,35+/m1/s1. The number of amides is 1. The monoisotopic (exact) mass is 675 g/mol. The summed E-state index contributed by atoms with van der Waals surface area (Å²) in [5, 5.41) is 10.7. The molecule has 2 N–H and O–H groups in total. The molecular formula is C35H36F3N7O2S. The van der Waals surface area contributed by atoms with Crippen LogP contribution in [0.1, 0.15) is 45.1 Å². The number of hydrogen-bond donors (Lipinski definition) is 1. The molecule has 2 aromatic carbocycles. The summed E-state index contributed by atoms with van der Waals surface area (Å²) in [4.78, 5) is 28.2. The quantitative estimate of drug-likeness (QED) is 0.220. The van der Waals surface area contributed by atoms with E-state index >= 15 is 4.39 Å². The van der Waals surface area contributed by atoms with E-state index in [-0.39, 0.29) is 56.8 Å². The van der Waals surface area contributed by atoms with E-state index in [2.05, 4.69) is 11.5 Å². The van der Waals surface area contributed by atoms with Crippen molar-refractivity contribution in [2.45, 2.75) is 63.3 Å². The predicted octanol–water partition coefficient (Wildman–Crippen LogP) is 6.20. The number of benzene rings is 2. The fourth-order valence-corrected chi connectivity index (χ4v) is 9.03. The molecule has 3 saturated heterocycles. The zero-order valence-corrected chi connectivity index (χ0v) is 27.6. The minimum Gasteiger partial charge on any atom is -0.461 e. The van der Waals surface area contributed by atoms with Gasteiger partial charge in [0.15, 0.2) is 0 Å². The van der Waals surface area contributed by atoms with E-state index in [1.165, 1.54) is 24.3 Å². The van der Waals surface area contributed by atoms with Crippen LogP contribution in [0.4, 0.5) is 24.0 Å². The molecule has 4 atom stereocenters. The van der Waals surface area contributed by atoms with Crippen molar-refractivity contribution < 1.29 is 22.7 Å². The summed E-state index contributed by atoms with van der Waals surface area (Å²) < 4.78 is 52.2. The lowest BCUT2D eigenvalue weighted by Gasteiger charge is -2.34. The second-order valence-electron chi connectivity index (χ2n) is 12.9. The van der Waals surface area contributed by atoms with Crippen molar-refractivity contribution in [3.63, 3.8) is 0 Å². The molecule has 2 aromatic heterocycles. The average molecular weight is 676 g/mol. The first kappa shape index (κ1) is 32.2. The molecule has 3 aliphatic rings. The molecule has 13 heteroatoms. The number of alkyl halides is 1. The van der Waals surface area contributed by atoms with Gasteiger partial charge in [0.1, 0.15) is 41.3 Å². The zero-order chi connectivity index (χ0) is 33.9. The summed E-state index contributed by atoms with van der Waals surface area (Å²) in [5.74, 6) is -0.871. The topological polar surface area (TPSA) is 112 Å². The number of ether oxygens (including phenoxy) is 1. The molecule has 48 heavy (non-hydrogen) atoms. The highest BCUT2D eigenvalue weighted by atomic mass is 32.1. The highest BCUT2D eigenvalue weighted by Gasteiger charge is 2.49. The third-order valence-corrected chi connectivity index (χ3v) is 11.4. The van der Waals surface area contributed by atoms with Crippen LogP contribution in [0.5, 0.6) is 6.01 Å². The lowest BCUT2D eigenvalue weighted by atomic mass is 9.95. The first-order chi connectivity index (χ1) is 23.1. The molecule has 0 radical (unpaired) electrons. The Morgan fingerprint density at radius 1 is 1.27 bits per heavy atom. The van der Waals surface area contributed by atoms with Crippen LogP contribution in [0.2, 0.25) is 0 Å². The van der Waals surface area contributed by atoms with Crippen LogP contribution in [0.3, 0.4) is 0 Å². The highest BCUT2D eigenvalue weighted by Crippen LogP contribution is 2.44. The summed E-state index contributed by atoms with van der Waals surface area (Å²) in [6.45, 7) is 10.0. The Labute approximate surface area is 280 Å². The predicted molar refractivity (Wildman–Crippen MR) is 181 cm³/mol. The normalized spacial score (nSPS) is 23.9. The van der Waals surface area contributed by atoms with Crippen LogP contribution in [0, 0.1) is 23.0 Å². The summed E-state index contributed by atoms with van der Waals surface area (Å²) in [7, 11) is 0. The number of rotatable bonds is 8. The number of hydrogen-bond acceptors (Lipinski definition) is 9. The van der Waals surface area contributed by atoms with Gasteiger partial charge in [-0.05, 0) is 69.5 Å². The Kier molecular flexibility index (Phi) is 8.20. The first-order valence-electron chi connectivity index (χ1n) is 16.2. The zero-order valence-electron chi connectivity index (χ0n) is 26.8. The van der Waals surface area contributed by atoms with Gasteiger partial charge in [0.2, 0.25) is 5.91 Å². The van der Waals surface area contributed by atoms with E-state index in [1.54, 1.807) is 11.0 Å². The lowest BCUT2D eigenvalue weighted by molar-refractivity contribution is -0.126. The third-order valence-electron chi connectivity index (χ3n) is 10.4. The molecule has 0 saturated carbocycles. The highest BCUT2D eigenvalue weighted by molar-refractivity contribution is 7.23. The number of anilines is 2. The van der Waals surface area contributed by atoms with Gasteiger partial charge in [-0.2, -0.15) is 15.2 Å². The Balaban J connectivity index is 1.37. The summed E-state index contributed by atoms with van der Waals surface area (Å²) in [6, 6.07) is 7.41. The van der Waals surface area contributed by atoms with Gasteiger partial charge in [0.25, 0.3) is 0 Å².